The van der Waals surface area contributed by atoms with E-state index >= 15 is 0 Å². The number of nitrogens with one attached hydrogen (secondary N) is 1. The van der Waals surface area contributed by atoms with Crippen LogP contribution in [0.1, 0.15) is 19.3 Å². The van der Waals surface area contributed by atoms with Crippen molar-refractivity contribution in [1.29, 1.82) is 0 Å². The molecule has 0 heterocycles. The van der Waals surface area contributed by atoms with Gasteiger partial charge in [0.25, 0.3) is 0 Å². The summed E-state index contributed by atoms with van der Waals surface area (Å²) in [6.07, 6.45) is 1.72. The van der Waals surface area contributed by atoms with Gasteiger partial charge in [-0.1, -0.05) is 15.9 Å². The minimum absolute atomic E-state index is 0.220. The molecule has 2 N–H and O–H groups in total. The summed E-state index contributed by atoms with van der Waals surface area (Å²) in [7, 11) is 1.62. The molecule has 1 rings (SSSR count). The van der Waals surface area contributed by atoms with Crippen molar-refractivity contribution in [3.63, 3.8) is 0 Å². The molecule has 0 spiro atoms. The summed E-state index contributed by atoms with van der Waals surface area (Å²) in [4.78, 5) is 10.3. The van der Waals surface area contributed by atoms with Crippen LogP contribution in [0.3, 0.4) is 0 Å². The van der Waals surface area contributed by atoms with Crippen molar-refractivity contribution in [1.82, 2.24) is 0 Å². The highest BCUT2D eigenvalue weighted by molar-refractivity contribution is 9.10. The first-order chi connectivity index (χ1) is 8.13. The van der Waals surface area contributed by atoms with Crippen molar-refractivity contribution < 1.29 is 14.6 Å². The maximum Gasteiger partial charge on any atom is 0.303 e. The molecular weight excluding hydrogens is 286 g/mol. The molecule has 0 aromatic heterocycles. The van der Waals surface area contributed by atoms with Gasteiger partial charge in [-0.2, -0.15) is 0 Å². The number of carbonyl (C=O) groups is 1. The van der Waals surface area contributed by atoms with Gasteiger partial charge >= 0.3 is 5.97 Å². The molecule has 5 heteroatoms. The van der Waals surface area contributed by atoms with Gasteiger partial charge in [0.2, 0.25) is 0 Å². The molecule has 94 valence electrons. The molecule has 0 aliphatic carbocycles. The highest BCUT2D eigenvalue weighted by Crippen LogP contribution is 2.27. The number of rotatable bonds is 7. The van der Waals surface area contributed by atoms with Gasteiger partial charge in [-0.3, -0.25) is 4.79 Å². The van der Waals surface area contributed by atoms with E-state index in [4.69, 9.17) is 9.84 Å². The van der Waals surface area contributed by atoms with Gasteiger partial charge in [0.15, 0.2) is 0 Å². The molecule has 0 unspecified atom stereocenters. The number of ether oxygens (including phenoxy) is 1. The van der Waals surface area contributed by atoms with Crippen LogP contribution in [-0.4, -0.2) is 24.7 Å². The van der Waals surface area contributed by atoms with E-state index in [-0.39, 0.29) is 6.42 Å². The average Bonchev–Trinajstić information content (AvgIpc) is 2.28. The van der Waals surface area contributed by atoms with Crippen LogP contribution in [0.5, 0.6) is 5.75 Å². The fraction of sp³-hybridized carbons (Fsp3) is 0.417. The Morgan fingerprint density at radius 3 is 2.88 bits per heavy atom. The van der Waals surface area contributed by atoms with E-state index in [9.17, 15) is 4.79 Å². The van der Waals surface area contributed by atoms with Gasteiger partial charge in [-0.05, 0) is 31.0 Å². The van der Waals surface area contributed by atoms with Crippen molar-refractivity contribution in [2.24, 2.45) is 0 Å². The first kappa shape index (κ1) is 13.8. The minimum Gasteiger partial charge on any atom is -0.495 e. The zero-order valence-corrected chi connectivity index (χ0v) is 11.3. The van der Waals surface area contributed by atoms with Crippen LogP contribution in [0.4, 0.5) is 5.69 Å². The number of hydrogen-bond acceptors (Lipinski definition) is 3. The van der Waals surface area contributed by atoms with Crippen LogP contribution in [0, 0.1) is 0 Å². The van der Waals surface area contributed by atoms with Gasteiger partial charge in [-0.15, -0.1) is 0 Å². The second-order valence-electron chi connectivity index (χ2n) is 3.62. The fourth-order valence-electron chi connectivity index (χ4n) is 1.44. The van der Waals surface area contributed by atoms with E-state index in [1.807, 2.05) is 18.2 Å². The average molecular weight is 302 g/mol. The Morgan fingerprint density at radius 1 is 1.47 bits per heavy atom. The topological polar surface area (TPSA) is 58.6 Å². The Labute approximate surface area is 109 Å². The molecule has 0 amide bonds. The molecule has 1 aromatic carbocycles. The molecule has 0 saturated carbocycles. The highest BCUT2D eigenvalue weighted by Gasteiger charge is 2.03. The number of carboxylic acid groups (broad SMARTS) is 1. The molecule has 1 aromatic rings. The zero-order valence-electron chi connectivity index (χ0n) is 9.70. The molecule has 0 radical (unpaired) electrons. The number of aliphatic carboxylic acids is 1. The Bertz CT molecular complexity index is 382. The monoisotopic (exact) mass is 301 g/mol. The lowest BCUT2D eigenvalue weighted by atomic mass is 10.2. The number of benzene rings is 1. The summed E-state index contributed by atoms with van der Waals surface area (Å²) in [5, 5.41) is 11.7. The SMILES string of the molecule is COc1ccc(Br)cc1NCCCCC(=O)O. The number of unbranched alkanes of at least 4 members (excludes halogenated alkanes) is 1. The summed E-state index contributed by atoms with van der Waals surface area (Å²) < 4.78 is 6.20. The van der Waals surface area contributed by atoms with Crippen molar-refractivity contribution in [3.05, 3.63) is 22.7 Å². The van der Waals surface area contributed by atoms with Gasteiger partial charge in [0.1, 0.15) is 5.75 Å². The van der Waals surface area contributed by atoms with Gasteiger partial charge < -0.3 is 15.2 Å². The third-order valence-corrected chi connectivity index (χ3v) is 2.79. The van der Waals surface area contributed by atoms with Crippen LogP contribution in [0.2, 0.25) is 0 Å². The Kier molecular flexibility index (Phi) is 5.83. The van der Waals surface area contributed by atoms with Crippen LogP contribution >= 0.6 is 15.9 Å². The van der Waals surface area contributed by atoms with Gasteiger partial charge in [0, 0.05) is 17.4 Å². The number of anilines is 1. The number of methoxy groups -OCH3 is 1. The lowest BCUT2D eigenvalue weighted by molar-refractivity contribution is -0.137. The summed E-state index contributed by atoms with van der Waals surface area (Å²) in [6.45, 7) is 0.736. The summed E-state index contributed by atoms with van der Waals surface area (Å²) in [6, 6.07) is 5.73. The van der Waals surface area contributed by atoms with Crippen LogP contribution < -0.4 is 10.1 Å². The molecule has 0 atom stereocenters. The van der Waals surface area contributed by atoms with Crippen LogP contribution in [0.25, 0.3) is 0 Å². The zero-order chi connectivity index (χ0) is 12.7. The summed E-state index contributed by atoms with van der Waals surface area (Å²) in [5.41, 5.74) is 0.914. The first-order valence-corrected chi connectivity index (χ1v) is 6.22. The van der Waals surface area contributed by atoms with Gasteiger partial charge in [-0.25, -0.2) is 0 Å². The van der Waals surface area contributed by atoms with Crippen molar-refractivity contribution in [2.45, 2.75) is 19.3 Å². The molecule has 0 aliphatic heterocycles. The normalized spacial score (nSPS) is 10.0. The number of carboxylic acids is 1. The van der Waals surface area contributed by atoms with E-state index in [1.165, 1.54) is 0 Å². The first-order valence-electron chi connectivity index (χ1n) is 5.42. The number of hydrogen-bond donors (Lipinski definition) is 2. The highest BCUT2D eigenvalue weighted by atomic mass is 79.9. The summed E-state index contributed by atoms with van der Waals surface area (Å²) in [5.74, 6) is 0.0384. The van der Waals surface area contributed by atoms with E-state index in [1.54, 1.807) is 7.11 Å². The van der Waals surface area contributed by atoms with Crippen LogP contribution in [0.15, 0.2) is 22.7 Å². The predicted molar refractivity (Wildman–Crippen MR) is 70.7 cm³/mol. The van der Waals surface area contributed by atoms with E-state index in [0.29, 0.717) is 6.42 Å². The lowest BCUT2D eigenvalue weighted by Gasteiger charge is -2.11. The van der Waals surface area contributed by atoms with Crippen molar-refractivity contribution in [2.75, 3.05) is 19.0 Å². The molecule has 0 bridgehead atoms. The summed E-state index contributed by atoms with van der Waals surface area (Å²) >= 11 is 3.39. The largest absolute Gasteiger partial charge is 0.495 e. The third kappa shape index (κ3) is 5.08. The molecule has 0 saturated heterocycles. The maximum absolute atomic E-state index is 10.3. The second-order valence-corrected chi connectivity index (χ2v) is 4.54. The molecule has 0 aliphatic rings. The van der Waals surface area contributed by atoms with Crippen molar-refractivity contribution >= 4 is 27.6 Å². The molecular formula is C12H16BrNO3. The Hall–Kier alpha value is -1.23. The minimum atomic E-state index is -0.745. The van der Waals surface area contributed by atoms with E-state index in [0.717, 1.165) is 28.9 Å². The molecule has 17 heavy (non-hydrogen) atoms. The van der Waals surface area contributed by atoms with Gasteiger partial charge in [0.05, 0.1) is 12.8 Å². The van der Waals surface area contributed by atoms with Crippen molar-refractivity contribution in [3.8, 4) is 5.75 Å². The maximum atomic E-state index is 10.3. The van der Waals surface area contributed by atoms with E-state index < -0.39 is 5.97 Å². The molecule has 0 fully saturated rings. The van der Waals surface area contributed by atoms with Crippen LogP contribution in [-0.2, 0) is 4.79 Å². The quantitative estimate of drug-likeness (QED) is 0.760. The lowest BCUT2D eigenvalue weighted by Crippen LogP contribution is -2.04. The molecule has 4 nitrogen and oxygen atoms in total. The standard InChI is InChI=1S/C12H16BrNO3/c1-17-11-6-5-9(13)8-10(11)14-7-3-2-4-12(15)16/h5-6,8,14H,2-4,7H2,1H3,(H,15,16). The fourth-order valence-corrected chi connectivity index (χ4v) is 1.80. The smallest absolute Gasteiger partial charge is 0.303 e. The van der Waals surface area contributed by atoms with E-state index in [2.05, 4.69) is 21.2 Å². The Balaban J connectivity index is 2.40. The third-order valence-electron chi connectivity index (χ3n) is 2.29. The second kappa shape index (κ2) is 7.17. The Morgan fingerprint density at radius 2 is 2.24 bits per heavy atom. The predicted octanol–water partition coefficient (Wildman–Crippen LogP) is 3.12. The number of halogens is 1.